The van der Waals surface area contributed by atoms with E-state index in [0.717, 1.165) is 4.47 Å². The fourth-order valence-corrected chi connectivity index (χ4v) is 1.52. The summed E-state index contributed by atoms with van der Waals surface area (Å²) in [7, 11) is 0. The van der Waals surface area contributed by atoms with Gasteiger partial charge in [-0.2, -0.15) is 0 Å². The molecule has 0 spiro atoms. The third-order valence-electron chi connectivity index (χ3n) is 1.44. The molecular weight excluding hydrogens is 304 g/mol. The molecule has 0 aliphatic heterocycles. The largest absolute Gasteiger partial charge is 0.398 e. The predicted molar refractivity (Wildman–Crippen MR) is 55.5 cm³/mol. The van der Waals surface area contributed by atoms with Crippen molar-refractivity contribution < 1.29 is 10.0 Å². The second-order valence-corrected chi connectivity index (χ2v) is 4.00. The van der Waals surface area contributed by atoms with Crippen LogP contribution in [0.1, 0.15) is 10.4 Å². The van der Waals surface area contributed by atoms with Crippen LogP contribution in [0.15, 0.2) is 21.1 Å². The van der Waals surface area contributed by atoms with E-state index in [0.29, 0.717) is 10.2 Å². The Labute approximate surface area is 91.3 Å². The summed E-state index contributed by atoms with van der Waals surface area (Å²) in [5, 5.41) is 8.39. The van der Waals surface area contributed by atoms with Crippen molar-refractivity contribution in [1.29, 1.82) is 0 Å². The van der Waals surface area contributed by atoms with Crippen molar-refractivity contribution in [1.82, 2.24) is 5.48 Å². The lowest BCUT2D eigenvalue weighted by atomic mass is 10.2. The second kappa shape index (κ2) is 4.08. The van der Waals surface area contributed by atoms with E-state index in [2.05, 4.69) is 31.9 Å². The van der Waals surface area contributed by atoms with Gasteiger partial charge in [-0.05, 0) is 44.0 Å². The number of carbonyl (C=O) groups is 1. The normalized spacial score (nSPS) is 9.77. The molecule has 0 aliphatic carbocycles. The van der Waals surface area contributed by atoms with Gasteiger partial charge < -0.3 is 5.73 Å². The summed E-state index contributed by atoms with van der Waals surface area (Å²) in [6, 6.07) is 3.10. The number of hydrogen-bond acceptors (Lipinski definition) is 3. The number of benzene rings is 1. The lowest BCUT2D eigenvalue weighted by Crippen LogP contribution is -2.20. The van der Waals surface area contributed by atoms with Crippen molar-refractivity contribution in [3.8, 4) is 0 Å². The van der Waals surface area contributed by atoms with Gasteiger partial charge in [0.05, 0.1) is 5.56 Å². The summed E-state index contributed by atoms with van der Waals surface area (Å²) in [6.07, 6.45) is 0. The number of nitrogens with two attached hydrogens (primary N) is 1. The Morgan fingerprint density at radius 3 is 2.46 bits per heavy atom. The summed E-state index contributed by atoms with van der Waals surface area (Å²) in [5.74, 6) is -0.634. The van der Waals surface area contributed by atoms with Crippen LogP contribution >= 0.6 is 31.9 Å². The molecule has 1 aromatic rings. The number of nitrogens with one attached hydrogen (secondary N) is 1. The molecular formula is C7H6Br2N2O2. The average molecular weight is 310 g/mol. The van der Waals surface area contributed by atoms with E-state index in [4.69, 9.17) is 10.9 Å². The quantitative estimate of drug-likeness (QED) is 0.421. The number of amides is 1. The minimum Gasteiger partial charge on any atom is -0.398 e. The fraction of sp³-hybridized carbons (Fsp3) is 0. The van der Waals surface area contributed by atoms with Crippen molar-refractivity contribution in [2.24, 2.45) is 0 Å². The second-order valence-electron chi connectivity index (χ2n) is 2.29. The van der Waals surface area contributed by atoms with Gasteiger partial charge in [0.1, 0.15) is 0 Å². The van der Waals surface area contributed by atoms with Gasteiger partial charge in [0.2, 0.25) is 0 Å². The Kier molecular flexibility index (Phi) is 3.29. The number of halogens is 2. The van der Waals surface area contributed by atoms with Crippen molar-refractivity contribution in [2.45, 2.75) is 0 Å². The van der Waals surface area contributed by atoms with Crippen molar-refractivity contribution in [3.63, 3.8) is 0 Å². The van der Waals surface area contributed by atoms with Crippen LogP contribution in [0.5, 0.6) is 0 Å². The molecule has 0 fully saturated rings. The SMILES string of the molecule is Nc1cc(Br)c(Br)cc1C(=O)NO. The molecule has 1 amide bonds. The molecule has 4 nitrogen and oxygen atoms in total. The highest BCUT2D eigenvalue weighted by molar-refractivity contribution is 9.13. The highest BCUT2D eigenvalue weighted by Crippen LogP contribution is 2.27. The topological polar surface area (TPSA) is 75.4 Å². The highest BCUT2D eigenvalue weighted by Gasteiger charge is 2.10. The summed E-state index contributed by atoms with van der Waals surface area (Å²) in [5.41, 5.74) is 7.57. The highest BCUT2D eigenvalue weighted by atomic mass is 79.9. The monoisotopic (exact) mass is 308 g/mol. The first-order valence-corrected chi connectivity index (χ1v) is 4.84. The standard InChI is InChI=1S/C7H6Br2N2O2/c8-4-1-3(7(12)11-13)6(10)2-5(4)9/h1-2,13H,10H2,(H,11,12). The smallest absolute Gasteiger partial charge is 0.276 e. The van der Waals surface area contributed by atoms with Crippen LogP contribution < -0.4 is 11.2 Å². The minimum atomic E-state index is -0.634. The zero-order chi connectivity index (χ0) is 10.0. The number of nitrogen functional groups attached to an aromatic ring is 1. The number of rotatable bonds is 1. The van der Waals surface area contributed by atoms with Gasteiger partial charge in [-0.3, -0.25) is 10.0 Å². The van der Waals surface area contributed by atoms with E-state index in [1.807, 2.05) is 0 Å². The summed E-state index contributed by atoms with van der Waals surface area (Å²) >= 11 is 6.44. The molecule has 13 heavy (non-hydrogen) atoms. The number of anilines is 1. The van der Waals surface area contributed by atoms with Gasteiger partial charge in [0, 0.05) is 14.6 Å². The van der Waals surface area contributed by atoms with Crippen LogP contribution in [0.25, 0.3) is 0 Å². The third kappa shape index (κ3) is 2.20. The zero-order valence-corrected chi connectivity index (χ0v) is 9.52. The molecule has 0 radical (unpaired) electrons. The molecule has 1 aromatic carbocycles. The van der Waals surface area contributed by atoms with E-state index < -0.39 is 5.91 Å². The predicted octanol–water partition coefficient (Wildman–Crippen LogP) is 1.91. The summed E-state index contributed by atoms with van der Waals surface area (Å²) in [4.78, 5) is 11.0. The molecule has 0 bridgehead atoms. The van der Waals surface area contributed by atoms with Crippen LogP contribution in [0.4, 0.5) is 5.69 Å². The molecule has 0 saturated heterocycles. The van der Waals surface area contributed by atoms with Gasteiger partial charge in [-0.1, -0.05) is 0 Å². The van der Waals surface area contributed by atoms with Gasteiger partial charge in [0.25, 0.3) is 5.91 Å². The molecule has 6 heteroatoms. The van der Waals surface area contributed by atoms with Crippen LogP contribution in [-0.4, -0.2) is 11.1 Å². The number of hydroxylamine groups is 1. The maximum absolute atomic E-state index is 11.0. The van der Waals surface area contributed by atoms with Crippen molar-refractivity contribution in [3.05, 3.63) is 26.6 Å². The first kappa shape index (κ1) is 10.5. The van der Waals surface area contributed by atoms with E-state index in [1.54, 1.807) is 6.07 Å². The molecule has 1 rings (SSSR count). The van der Waals surface area contributed by atoms with Gasteiger partial charge in [0.15, 0.2) is 0 Å². The van der Waals surface area contributed by atoms with E-state index in [9.17, 15) is 4.79 Å². The minimum absolute atomic E-state index is 0.220. The maximum atomic E-state index is 11.0. The Morgan fingerprint density at radius 2 is 1.92 bits per heavy atom. The Hall–Kier alpha value is -0.590. The molecule has 0 atom stereocenters. The fourth-order valence-electron chi connectivity index (χ4n) is 0.819. The number of hydrogen-bond donors (Lipinski definition) is 3. The lowest BCUT2D eigenvalue weighted by Gasteiger charge is -2.05. The number of carbonyl (C=O) groups excluding carboxylic acids is 1. The zero-order valence-electron chi connectivity index (χ0n) is 6.34. The first-order valence-electron chi connectivity index (χ1n) is 3.25. The third-order valence-corrected chi connectivity index (χ3v) is 3.28. The molecule has 0 saturated carbocycles. The lowest BCUT2D eigenvalue weighted by molar-refractivity contribution is 0.0707. The molecule has 0 unspecified atom stereocenters. The maximum Gasteiger partial charge on any atom is 0.276 e. The Morgan fingerprint density at radius 1 is 1.38 bits per heavy atom. The van der Waals surface area contributed by atoms with Crippen LogP contribution in [0.2, 0.25) is 0 Å². The van der Waals surface area contributed by atoms with E-state index >= 15 is 0 Å². The van der Waals surface area contributed by atoms with Gasteiger partial charge >= 0.3 is 0 Å². The van der Waals surface area contributed by atoms with Gasteiger partial charge in [-0.25, -0.2) is 5.48 Å². The van der Waals surface area contributed by atoms with Crippen molar-refractivity contribution in [2.75, 3.05) is 5.73 Å². The Balaban J connectivity index is 3.23. The van der Waals surface area contributed by atoms with Crippen LogP contribution in [-0.2, 0) is 0 Å². The van der Waals surface area contributed by atoms with E-state index in [1.165, 1.54) is 11.5 Å². The van der Waals surface area contributed by atoms with Gasteiger partial charge in [-0.15, -0.1) is 0 Å². The molecule has 70 valence electrons. The summed E-state index contributed by atoms with van der Waals surface area (Å²) in [6.45, 7) is 0. The average Bonchev–Trinajstić information content (AvgIpc) is 2.10. The molecule has 0 aromatic heterocycles. The first-order chi connectivity index (χ1) is 6.06. The van der Waals surface area contributed by atoms with Crippen LogP contribution in [0, 0.1) is 0 Å². The van der Waals surface area contributed by atoms with Crippen molar-refractivity contribution >= 4 is 43.5 Å². The van der Waals surface area contributed by atoms with E-state index in [-0.39, 0.29) is 5.56 Å². The summed E-state index contributed by atoms with van der Waals surface area (Å²) < 4.78 is 1.44. The molecule has 0 aliphatic rings. The Bertz CT molecular complexity index is 355. The molecule has 4 N–H and O–H groups in total. The molecule has 0 heterocycles. The van der Waals surface area contributed by atoms with Crippen LogP contribution in [0.3, 0.4) is 0 Å².